The molecule has 25 heavy (non-hydrogen) atoms. The molecule has 1 N–H and O–H groups in total. The lowest BCUT2D eigenvalue weighted by Gasteiger charge is -2.50. The molecule has 4 heteroatoms. The number of hydrogen-bond acceptors (Lipinski definition) is 3. The summed E-state index contributed by atoms with van der Waals surface area (Å²) in [5, 5.41) is 9.82. The largest absolute Gasteiger partial charge is 0.481 e. The molecule has 0 amide bonds. The predicted molar refractivity (Wildman–Crippen MR) is 93.7 cm³/mol. The predicted octanol–water partition coefficient (Wildman–Crippen LogP) is 3.98. The summed E-state index contributed by atoms with van der Waals surface area (Å²) in [7, 11) is 1.45. The SMILES string of the molecule is COC(=O)C(CC(=O)O)(C1C2CCC(C2)C1C)C1C2CCC(C2)C1C. The molecule has 4 rings (SSSR count). The molecule has 0 spiro atoms. The molecule has 0 radical (unpaired) electrons. The van der Waals surface area contributed by atoms with Crippen molar-refractivity contribution in [2.24, 2.45) is 52.8 Å². The summed E-state index contributed by atoms with van der Waals surface area (Å²) in [6.45, 7) is 4.54. The Morgan fingerprint density at radius 2 is 1.36 bits per heavy atom. The van der Waals surface area contributed by atoms with Crippen molar-refractivity contribution >= 4 is 11.9 Å². The van der Waals surface area contributed by atoms with E-state index in [0.717, 1.165) is 12.8 Å². The minimum absolute atomic E-state index is 0.0455. The first-order valence-electron chi connectivity index (χ1n) is 10.2. The number of ether oxygens (including phenoxy) is 1. The summed E-state index contributed by atoms with van der Waals surface area (Å²) in [5.41, 5.74) is -0.820. The van der Waals surface area contributed by atoms with Crippen LogP contribution in [0, 0.1) is 52.8 Å². The van der Waals surface area contributed by atoms with E-state index in [1.54, 1.807) is 0 Å². The van der Waals surface area contributed by atoms with Gasteiger partial charge in [-0.1, -0.05) is 13.8 Å². The lowest BCUT2D eigenvalue weighted by Crippen LogP contribution is -2.54. The topological polar surface area (TPSA) is 63.6 Å². The van der Waals surface area contributed by atoms with Crippen LogP contribution in [0.2, 0.25) is 0 Å². The van der Waals surface area contributed by atoms with Gasteiger partial charge >= 0.3 is 11.9 Å². The van der Waals surface area contributed by atoms with Crippen molar-refractivity contribution in [2.75, 3.05) is 7.11 Å². The van der Waals surface area contributed by atoms with Crippen molar-refractivity contribution in [1.29, 1.82) is 0 Å². The summed E-state index contributed by atoms with van der Waals surface area (Å²) < 4.78 is 5.35. The standard InChI is InChI=1S/C21H32O4/c1-11-13-4-6-15(8-13)18(11)21(10-17(22)23,20(24)25-3)19-12(2)14-5-7-16(19)9-14/h11-16,18-19H,4-10H2,1-3H3,(H,22,23). The molecule has 0 aliphatic heterocycles. The highest BCUT2D eigenvalue weighted by Gasteiger charge is 2.66. The molecule has 0 aromatic carbocycles. The van der Waals surface area contributed by atoms with Crippen LogP contribution in [-0.4, -0.2) is 24.2 Å². The Labute approximate surface area is 150 Å². The molecule has 0 aromatic heterocycles. The van der Waals surface area contributed by atoms with Gasteiger partial charge < -0.3 is 9.84 Å². The van der Waals surface area contributed by atoms with Crippen molar-refractivity contribution in [2.45, 2.75) is 58.8 Å². The first kappa shape index (κ1) is 17.4. The number of carboxylic acid groups (broad SMARTS) is 1. The number of esters is 1. The molecule has 4 saturated carbocycles. The van der Waals surface area contributed by atoms with Crippen molar-refractivity contribution < 1.29 is 19.4 Å². The van der Waals surface area contributed by atoms with E-state index in [-0.39, 0.29) is 24.2 Å². The van der Waals surface area contributed by atoms with Crippen molar-refractivity contribution in [3.63, 3.8) is 0 Å². The van der Waals surface area contributed by atoms with Crippen molar-refractivity contribution in [3.05, 3.63) is 0 Å². The first-order chi connectivity index (χ1) is 11.9. The fraction of sp³-hybridized carbons (Fsp3) is 0.905. The number of carbonyl (C=O) groups excluding carboxylic acids is 1. The van der Waals surface area contributed by atoms with Crippen LogP contribution in [0.4, 0.5) is 0 Å². The van der Waals surface area contributed by atoms with Crippen molar-refractivity contribution in [3.8, 4) is 0 Å². The molecule has 8 atom stereocenters. The number of fused-ring (bicyclic) bond motifs is 4. The minimum atomic E-state index is -0.838. The Hall–Kier alpha value is -1.06. The van der Waals surface area contributed by atoms with Gasteiger partial charge in [0.05, 0.1) is 18.9 Å². The van der Waals surface area contributed by atoms with Crippen LogP contribution in [0.3, 0.4) is 0 Å². The molecule has 4 fully saturated rings. The van der Waals surface area contributed by atoms with E-state index >= 15 is 0 Å². The van der Waals surface area contributed by atoms with Crippen LogP contribution >= 0.6 is 0 Å². The summed E-state index contributed by atoms with van der Waals surface area (Å²) in [4.78, 5) is 25.3. The molecule has 4 nitrogen and oxygen atoms in total. The zero-order valence-electron chi connectivity index (χ0n) is 15.7. The van der Waals surface area contributed by atoms with Gasteiger partial charge in [0, 0.05) is 0 Å². The van der Waals surface area contributed by atoms with Gasteiger partial charge in [0.1, 0.15) is 0 Å². The molecule has 4 bridgehead atoms. The van der Waals surface area contributed by atoms with E-state index in [2.05, 4.69) is 13.8 Å². The van der Waals surface area contributed by atoms with E-state index in [4.69, 9.17) is 4.74 Å². The Morgan fingerprint density at radius 3 is 1.68 bits per heavy atom. The van der Waals surface area contributed by atoms with E-state index in [0.29, 0.717) is 35.5 Å². The zero-order chi connectivity index (χ0) is 17.9. The Kier molecular flexibility index (Phi) is 4.16. The van der Waals surface area contributed by atoms with E-state index in [9.17, 15) is 14.7 Å². The number of carboxylic acids is 1. The second-order valence-electron chi connectivity index (χ2n) is 9.54. The van der Waals surface area contributed by atoms with Crippen molar-refractivity contribution in [1.82, 2.24) is 0 Å². The average Bonchev–Trinajstić information content (AvgIpc) is 3.32. The van der Waals surface area contributed by atoms with Gasteiger partial charge in [-0.25, -0.2) is 0 Å². The fourth-order valence-electron chi connectivity index (χ4n) is 8.18. The molecular weight excluding hydrogens is 316 g/mol. The molecule has 140 valence electrons. The minimum Gasteiger partial charge on any atom is -0.481 e. The molecular formula is C21H32O4. The summed E-state index contributed by atoms with van der Waals surface area (Å²) in [5.74, 6) is 2.51. The Bertz CT molecular complexity index is 534. The maximum absolute atomic E-state index is 13.3. The third-order valence-electron chi connectivity index (χ3n) is 8.86. The highest BCUT2D eigenvalue weighted by atomic mass is 16.5. The number of hydrogen-bond donors (Lipinski definition) is 1. The van der Waals surface area contributed by atoms with Gasteiger partial charge in [0.15, 0.2) is 0 Å². The van der Waals surface area contributed by atoms with E-state index in [1.807, 2.05) is 0 Å². The highest BCUT2D eigenvalue weighted by Crippen LogP contribution is 2.67. The monoisotopic (exact) mass is 348 g/mol. The van der Waals surface area contributed by atoms with Gasteiger partial charge in [0.2, 0.25) is 0 Å². The van der Waals surface area contributed by atoms with E-state index in [1.165, 1.54) is 32.8 Å². The lowest BCUT2D eigenvalue weighted by molar-refractivity contribution is -0.177. The first-order valence-corrected chi connectivity index (χ1v) is 10.2. The molecule has 4 aliphatic carbocycles. The maximum Gasteiger partial charge on any atom is 0.312 e. The molecule has 4 aliphatic rings. The number of aliphatic carboxylic acids is 1. The number of rotatable bonds is 5. The van der Waals surface area contributed by atoms with Crippen LogP contribution < -0.4 is 0 Å². The summed E-state index contributed by atoms with van der Waals surface area (Å²) in [6, 6.07) is 0. The van der Waals surface area contributed by atoms with Crippen LogP contribution in [0.25, 0.3) is 0 Å². The normalized spacial score (nSPS) is 47.0. The van der Waals surface area contributed by atoms with Crippen LogP contribution in [-0.2, 0) is 14.3 Å². The smallest absolute Gasteiger partial charge is 0.312 e. The maximum atomic E-state index is 13.3. The average molecular weight is 348 g/mol. The third-order valence-corrected chi connectivity index (χ3v) is 8.86. The van der Waals surface area contributed by atoms with Crippen LogP contribution in [0.1, 0.15) is 58.8 Å². The van der Waals surface area contributed by atoms with Gasteiger partial charge in [-0.15, -0.1) is 0 Å². The van der Waals surface area contributed by atoms with Gasteiger partial charge in [-0.3, -0.25) is 9.59 Å². The Balaban J connectivity index is 1.82. The van der Waals surface area contributed by atoms with Gasteiger partial charge in [-0.2, -0.15) is 0 Å². The Morgan fingerprint density at radius 1 is 0.920 bits per heavy atom. The van der Waals surface area contributed by atoms with Crippen LogP contribution in [0.15, 0.2) is 0 Å². The van der Waals surface area contributed by atoms with E-state index < -0.39 is 11.4 Å². The number of carbonyl (C=O) groups is 2. The molecule has 0 aromatic rings. The van der Waals surface area contributed by atoms with Gasteiger partial charge in [-0.05, 0) is 85.9 Å². The molecule has 0 saturated heterocycles. The molecule has 0 heterocycles. The lowest BCUT2D eigenvalue weighted by atomic mass is 9.52. The van der Waals surface area contributed by atoms with Crippen LogP contribution in [0.5, 0.6) is 0 Å². The number of methoxy groups -OCH3 is 1. The second kappa shape index (κ2) is 5.99. The summed E-state index contributed by atoms with van der Waals surface area (Å²) in [6.07, 6.45) is 7.13. The third kappa shape index (κ3) is 2.31. The fourth-order valence-corrected chi connectivity index (χ4v) is 8.18. The second-order valence-corrected chi connectivity index (χ2v) is 9.54. The quantitative estimate of drug-likeness (QED) is 0.763. The zero-order valence-corrected chi connectivity index (χ0v) is 15.7. The molecule has 8 unspecified atom stereocenters. The summed E-state index contributed by atoms with van der Waals surface area (Å²) >= 11 is 0. The van der Waals surface area contributed by atoms with Gasteiger partial charge in [0.25, 0.3) is 0 Å². The highest BCUT2D eigenvalue weighted by molar-refractivity contribution is 5.84.